The van der Waals surface area contributed by atoms with Crippen molar-refractivity contribution in [1.82, 2.24) is 4.90 Å². The summed E-state index contributed by atoms with van der Waals surface area (Å²) in [6.45, 7) is 5.25. The lowest BCUT2D eigenvalue weighted by molar-refractivity contribution is 0.0784. The van der Waals surface area contributed by atoms with Crippen LogP contribution in [0.15, 0.2) is 36.4 Å². The molecule has 0 aliphatic rings. The lowest BCUT2D eigenvalue weighted by atomic mass is 10.1. The predicted molar refractivity (Wildman–Crippen MR) is 105 cm³/mol. The highest BCUT2D eigenvalue weighted by Gasteiger charge is 2.19. The number of carbonyl (C=O) groups excluding carboxylic acids is 1. The summed E-state index contributed by atoms with van der Waals surface area (Å²) in [5.41, 5.74) is 1.95. The van der Waals surface area contributed by atoms with Gasteiger partial charge in [0, 0.05) is 19.2 Å². The molecule has 6 heteroatoms. The van der Waals surface area contributed by atoms with Gasteiger partial charge in [-0.25, -0.2) is 0 Å². The highest BCUT2D eigenvalue weighted by Crippen LogP contribution is 2.37. The number of benzene rings is 2. The monoisotopic (exact) mass is 386 g/mol. The Morgan fingerprint density at radius 3 is 2.48 bits per heavy atom. The van der Waals surface area contributed by atoms with Crippen LogP contribution in [0.2, 0.25) is 5.02 Å². The average molecular weight is 387 g/mol. The standard InChI is InChI=1S/C21H23ClN2O3/c1-4-10-27-20-18(22)11-17(12-19(20)26-5-2)21(25)24(3)14-16-8-6-15(13-23)7-9-16/h6-9,11-12H,4-5,10,14H2,1-3H3. The van der Waals surface area contributed by atoms with E-state index in [1.165, 1.54) is 0 Å². The number of ether oxygens (including phenoxy) is 2. The number of nitrogens with zero attached hydrogens (tertiary/aromatic N) is 2. The van der Waals surface area contributed by atoms with Crippen LogP contribution in [0, 0.1) is 11.3 Å². The number of amides is 1. The number of rotatable bonds is 8. The van der Waals surface area contributed by atoms with E-state index in [0.717, 1.165) is 12.0 Å². The van der Waals surface area contributed by atoms with Crippen molar-refractivity contribution in [1.29, 1.82) is 5.26 Å². The topological polar surface area (TPSA) is 62.6 Å². The minimum absolute atomic E-state index is 0.177. The Morgan fingerprint density at radius 1 is 1.19 bits per heavy atom. The number of carbonyl (C=O) groups is 1. The van der Waals surface area contributed by atoms with Crippen LogP contribution in [0.1, 0.15) is 41.8 Å². The zero-order chi connectivity index (χ0) is 19.8. The predicted octanol–water partition coefficient (Wildman–Crippen LogP) is 4.67. The van der Waals surface area contributed by atoms with Gasteiger partial charge in [0.25, 0.3) is 5.91 Å². The number of hydrogen-bond donors (Lipinski definition) is 0. The van der Waals surface area contributed by atoms with Gasteiger partial charge < -0.3 is 14.4 Å². The highest BCUT2D eigenvalue weighted by molar-refractivity contribution is 6.32. The molecule has 0 radical (unpaired) electrons. The third kappa shape index (κ3) is 5.38. The molecule has 1 amide bonds. The van der Waals surface area contributed by atoms with Crippen molar-refractivity contribution < 1.29 is 14.3 Å². The van der Waals surface area contributed by atoms with E-state index in [4.69, 9.17) is 26.3 Å². The molecular formula is C21H23ClN2O3. The molecule has 0 bridgehead atoms. The lowest BCUT2D eigenvalue weighted by Gasteiger charge is -2.19. The summed E-state index contributed by atoms with van der Waals surface area (Å²) in [5.74, 6) is 0.754. The second-order valence-electron chi connectivity index (χ2n) is 6.04. The lowest BCUT2D eigenvalue weighted by Crippen LogP contribution is -2.26. The van der Waals surface area contributed by atoms with E-state index in [9.17, 15) is 4.79 Å². The van der Waals surface area contributed by atoms with Gasteiger partial charge in [-0.15, -0.1) is 0 Å². The number of halogens is 1. The first-order valence-electron chi connectivity index (χ1n) is 8.83. The molecule has 0 aliphatic heterocycles. The Bertz CT molecular complexity index is 829. The highest BCUT2D eigenvalue weighted by atomic mass is 35.5. The Balaban J connectivity index is 2.21. The van der Waals surface area contributed by atoms with Crippen molar-refractivity contribution in [2.24, 2.45) is 0 Å². The van der Waals surface area contributed by atoms with Crippen molar-refractivity contribution in [2.45, 2.75) is 26.8 Å². The van der Waals surface area contributed by atoms with Crippen molar-refractivity contribution in [3.63, 3.8) is 0 Å². The first-order chi connectivity index (χ1) is 13.0. The van der Waals surface area contributed by atoms with Crippen molar-refractivity contribution in [2.75, 3.05) is 20.3 Å². The molecule has 5 nitrogen and oxygen atoms in total. The maximum atomic E-state index is 12.8. The van der Waals surface area contributed by atoms with Crippen LogP contribution in [0.5, 0.6) is 11.5 Å². The quantitative estimate of drug-likeness (QED) is 0.661. The zero-order valence-corrected chi connectivity index (χ0v) is 16.5. The molecule has 0 saturated heterocycles. The van der Waals surface area contributed by atoms with Crippen LogP contribution in [-0.4, -0.2) is 31.1 Å². The maximum Gasteiger partial charge on any atom is 0.254 e. The van der Waals surface area contributed by atoms with Crippen LogP contribution in [0.4, 0.5) is 0 Å². The molecule has 27 heavy (non-hydrogen) atoms. The van der Waals surface area contributed by atoms with E-state index in [1.54, 1.807) is 36.2 Å². The Kier molecular flexibility index (Phi) is 7.51. The molecule has 0 heterocycles. The van der Waals surface area contributed by atoms with Crippen LogP contribution < -0.4 is 9.47 Å². The molecule has 0 spiro atoms. The van der Waals surface area contributed by atoms with Gasteiger partial charge in [-0.2, -0.15) is 5.26 Å². The van der Waals surface area contributed by atoms with Crippen molar-refractivity contribution in [3.05, 3.63) is 58.1 Å². The number of hydrogen-bond acceptors (Lipinski definition) is 4. The third-order valence-corrected chi connectivity index (χ3v) is 4.14. The first-order valence-corrected chi connectivity index (χ1v) is 9.21. The largest absolute Gasteiger partial charge is 0.490 e. The maximum absolute atomic E-state index is 12.8. The Hall–Kier alpha value is -2.71. The summed E-state index contributed by atoms with van der Waals surface area (Å²) in [7, 11) is 1.72. The van der Waals surface area contributed by atoms with Crippen LogP contribution in [0.25, 0.3) is 0 Å². The van der Waals surface area contributed by atoms with Gasteiger partial charge in [0.05, 0.1) is 29.9 Å². The summed E-state index contributed by atoms with van der Waals surface area (Å²) >= 11 is 6.34. The number of nitriles is 1. The van der Waals surface area contributed by atoms with Gasteiger partial charge in [0.1, 0.15) is 0 Å². The Labute approximate surface area is 165 Å². The van der Waals surface area contributed by atoms with E-state index >= 15 is 0 Å². The SMILES string of the molecule is CCCOc1c(Cl)cc(C(=O)N(C)Cc2ccc(C#N)cc2)cc1OCC. The summed E-state index contributed by atoms with van der Waals surface area (Å²) in [6, 6.07) is 12.5. The fourth-order valence-corrected chi connectivity index (χ4v) is 2.81. The van der Waals surface area contributed by atoms with E-state index in [1.807, 2.05) is 26.0 Å². The molecule has 0 aromatic heterocycles. The van der Waals surface area contributed by atoms with Gasteiger partial charge in [-0.05, 0) is 43.2 Å². The minimum Gasteiger partial charge on any atom is -0.490 e. The molecule has 0 saturated carbocycles. The fraction of sp³-hybridized carbons (Fsp3) is 0.333. The van der Waals surface area contributed by atoms with Gasteiger partial charge in [-0.1, -0.05) is 30.7 Å². The minimum atomic E-state index is -0.177. The van der Waals surface area contributed by atoms with Crippen molar-refractivity contribution >= 4 is 17.5 Å². The summed E-state index contributed by atoms with van der Waals surface area (Å²) < 4.78 is 11.3. The smallest absolute Gasteiger partial charge is 0.254 e. The second-order valence-corrected chi connectivity index (χ2v) is 6.44. The zero-order valence-electron chi connectivity index (χ0n) is 15.8. The first kappa shape index (κ1) is 20.6. The average Bonchev–Trinajstić information content (AvgIpc) is 2.67. The molecule has 0 fully saturated rings. The van der Waals surface area contributed by atoms with Gasteiger partial charge >= 0.3 is 0 Å². The normalized spacial score (nSPS) is 10.2. The van der Waals surface area contributed by atoms with Crippen LogP contribution in [-0.2, 0) is 6.54 Å². The molecule has 0 unspecified atom stereocenters. The summed E-state index contributed by atoms with van der Waals surface area (Å²) in [5, 5.41) is 9.22. The van der Waals surface area contributed by atoms with E-state index in [-0.39, 0.29) is 5.91 Å². The molecule has 0 aliphatic carbocycles. The van der Waals surface area contributed by atoms with Crippen LogP contribution >= 0.6 is 11.6 Å². The van der Waals surface area contributed by atoms with E-state index in [2.05, 4.69) is 6.07 Å². The Morgan fingerprint density at radius 2 is 1.89 bits per heavy atom. The summed E-state index contributed by atoms with van der Waals surface area (Å²) in [6.07, 6.45) is 0.843. The fourth-order valence-electron chi connectivity index (χ4n) is 2.55. The second kappa shape index (κ2) is 9.84. The molecule has 2 aromatic rings. The molecule has 2 rings (SSSR count). The van der Waals surface area contributed by atoms with E-state index < -0.39 is 0 Å². The molecule has 0 N–H and O–H groups in total. The van der Waals surface area contributed by atoms with Gasteiger partial charge in [-0.3, -0.25) is 4.79 Å². The van der Waals surface area contributed by atoms with Gasteiger partial charge in [0.2, 0.25) is 0 Å². The molecule has 142 valence electrons. The molecular weight excluding hydrogens is 364 g/mol. The third-order valence-electron chi connectivity index (χ3n) is 3.86. The molecule has 2 aromatic carbocycles. The van der Waals surface area contributed by atoms with Gasteiger partial charge in [0.15, 0.2) is 11.5 Å². The van der Waals surface area contributed by atoms with Crippen molar-refractivity contribution in [3.8, 4) is 17.6 Å². The van der Waals surface area contributed by atoms with Crippen LogP contribution in [0.3, 0.4) is 0 Å². The van der Waals surface area contributed by atoms with E-state index in [0.29, 0.717) is 47.4 Å². The summed E-state index contributed by atoms with van der Waals surface area (Å²) in [4.78, 5) is 14.4. The molecule has 0 atom stereocenters.